The van der Waals surface area contributed by atoms with Crippen LogP contribution in [0.1, 0.15) is 36.0 Å². The summed E-state index contributed by atoms with van der Waals surface area (Å²) in [5.41, 5.74) is 1.85. The van der Waals surface area contributed by atoms with Crippen molar-refractivity contribution >= 4 is 0 Å². The lowest BCUT2D eigenvalue weighted by Gasteiger charge is -2.36. The van der Waals surface area contributed by atoms with Crippen molar-refractivity contribution in [2.45, 2.75) is 31.0 Å². The number of benzene rings is 2. The zero-order valence-corrected chi connectivity index (χ0v) is 11.9. The molecule has 0 amide bonds. The zero-order valence-electron chi connectivity index (χ0n) is 11.9. The maximum atomic E-state index is 14.0. The molecule has 4 rings (SSSR count). The van der Waals surface area contributed by atoms with Crippen LogP contribution in [0.25, 0.3) is 0 Å². The van der Waals surface area contributed by atoms with Gasteiger partial charge in [0.05, 0.1) is 0 Å². The van der Waals surface area contributed by atoms with Crippen LogP contribution in [-0.2, 0) is 0 Å². The Bertz CT molecular complexity index is 698. The average molecular weight is 300 g/mol. The van der Waals surface area contributed by atoms with Crippen LogP contribution in [0, 0.1) is 5.92 Å². The molecule has 1 fully saturated rings. The molecule has 0 saturated heterocycles. The van der Waals surface area contributed by atoms with Crippen molar-refractivity contribution < 1.29 is 19.3 Å². The van der Waals surface area contributed by atoms with E-state index in [0.29, 0.717) is 18.6 Å². The van der Waals surface area contributed by atoms with Crippen molar-refractivity contribution in [3.8, 4) is 17.2 Å². The highest BCUT2D eigenvalue weighted by molar-refractivity contribution is 5.46. The summed E-state index contributed by atoms with van der Waals surface area (Å²) in [5.74, 6) is 1.22. The van der Waals surface area contributed by atoms with Gasteiger partial charge in [-0.25, -0.2) is 4.39 Å². The molecule has 114 valence electrons. The quantitative estimate of drug-likeness (QED) is 0.835. The molecule has 1 saturated carbocycles. The molecule has 3 unspecified atom stereocenters. The van der Waals surface area contributed by atoms with Crippen molar-refractivity contribution in [3.05, 3.63) is 53.6 Å². The Kier molecular flexibility index (Phi) is 2.99. The SMILES string of the molecule is Oc1ccc(C2Oc3ccc(O)cc3[C@H]3CC(F)CC23)cc1. The van der Waals surface area contributed by atoms with Gasteiger partial charge in [-0.05, 0) is 54.7 Å². The summed E-state index contributed by atoms with van der Waals surface area (Å²) >= 11 is 0. The highest BCUT2D eigenvalue weighted by Gasteiger charge is 2.45. The molecule has 3 nitrogen and oxygen atoms in total. The minimum Gasteiger partial charge on any atom is -0.508 e. The highest BCUT2D eigenvalue weighted by atomic mass is 19.1. The number of alkyl halides is 1. The second-order valence-corrected chi connectivity index (χ2v) is 6.19. The smallest absolute Gasteiger partial charge is 0.127 e. The third kappa shape index (κ3) is 2.10. The van der Waals surface area contributed by atoms with Crippen LogP contribution in [0.5, 0.6) is 17.2 Å². The number of hydrogen-bond acceptors (Lipinski definition) is 3. The van der Waals surface area contributed by atoms with E-state index in [1.807, 2.05) is 12.1 Å². The first-order valence-electron chi connectivity index (χ1n) is 7.54. The van der Waals surface area contributed by atoms with Gasteiger partial charge in [0.1, 0.15) is 29.5 Å². The molecule has 1 aliphatic carbocycles. The summed E-state index contributed by atoms with van der Waals surface area (Å²) in [7, 11) is 0. The Balaban J connectivity index is 1.78. The fourth-order valence-electron chi connectivity index (χ4n) is 3.83. The van der Waals surface area contributed by atoms with Gasteiger partial charge in [-0.2, -0.15) is 0 Å². The van der Waals surface area contributed by atoms with Gasteiger partial charge in [0, 0.05) is 11.5 Å². The van der Waals surface area contributed by atoms with Crippen LogP contribution < -0.4 is 4.74 Å². The molecule has 1 heterocycles. The lowest BCUT2D eigenvalue weighted by Crippen LogP contribution is -2.26. The molecular weight excluding hydrogens is 283 g/mol. The molecular formula is C18H17FO3. The van der Waals surface area contributed by atoms with Crippen molar-refractivity contribution in [1.29, 1.82) is 0 Å². The number of fused-ring (bicyclic) bond motifs is 3. The van der Waals surface area contributed by atoms with Gasteiger partial charge >= 0.3 is 0 Å². The topological polar surface area (TPSA) is 49.7 Å². The highest BCUT2D eigenvalue weighted by Crippen LogP contribution is 2.55. The molecule has 2 aromatic carbocycles. The minimum atomic E-state index is -0.841. The number of aromatic hydroxyl groups is 2. The average Bonchev–Trinajstić information content (AvgIpc) is 2.89. The number of phenols is 2. The van der Waals surface area contributed by atoms with Gasteiger partial charge in [0.25, 0.3) is 0 Å². The monoisotopic (exact) mass is 300 g/mol. The van der Waals surface area contributed by atoms with Gasteiger partial charge in [0.15, 0.2) is 0 Å². The van der Waals surface area contributed by atoms with E-state index in [4.69, 9.17) is 4.74 Å². The van der Waals surface area contributed by atoms with Gasteiger partial charge in [0.2, 0.25) is 0 Å². The van der Waals surface area contributed by atoms with E-state index in [1.54, 1.807) is 30.3 Å². The van der Waals surface area contributed by atoms with Crippen LogP contribution in [-0.4, -0.2) is 16.4 Å². The van der Waals surface area contributed by atoms with Crippen molar-refractivity contribution in [1.82, 2.24) is 0 Å². The molecule has 1 aliphatic heterocycles. The predicted octanol–water partition coefficient (Wildman–Crippen LogP) is 4.06. The Morgan fingerprint density at radius 3 is 2.45 bits per heavy atom. The molecule has 0 aromatic heterocycles. The fourth-order valence-corrected chi connectivity index (χ4v) is 3.83. The van der Waals surface area contributed by atoms with E-state index >= 15 is 0 Å². The van der Waals surface area contributed by atoms with E-state index in [2.05, 4.69) is 0 Å². The van der Waals surface area contributed by atoms with Gasteiger partial charge < -0.3 is 14.9 Å². The standard InChI is InChI=1S/C18H17FO3/c19-11-7-14-15-9-13(21)5-6-17(15)22-18(16(14)8-11)10-1-3-12(20)4-2-10/h1-6,9,11,14,16,18,20-21H,7-8H2/t11?,14-,16?,18?/m1/s1. The van der Waals surface area contributed by atoms with Crippen LogP contribution in [0.15, 0.2) is 42.5 Å². The molecule has 2 aliphatic rings. The normalized spacial score (nSPS) is 29.5. The summed E-state index contributed by atoms with van der Waals surface area (Å²) < 4.78 is 20.1. The molecule has 0 bridgehead atoms. The maximum Gasteiger partial charge on any atom is 0.127 e. The Labute approximate surface area is 128 Å². The summed E-state index contributed by atoms with van der Waals surface area (Å²) in [6, 6.07) is 11.9. The lowest BCUT2D eigenvalue weighted by molar-refractivity contribution is 0.102. The van der Waals surface area contributed by atoms with E-state index in [9.17, 15) is 14.6 Å². The van der Waals surface area contributed by atoms with Crippen LogP contribution >= 0.6 is 0 Å². The van der Waals surface area contributed by atoms with E-state index in [-0.39, 0.29) is 29.4 Å². The van der Waals surface area contributed by atoms with Crippen LogP contribution in [0.4, 0.5) is 4.39 Å². The van der Waals surface area contributed by atoms with Gasteiger partial charge in [-0.1, -0.05) is 12.1 Å². The second kappa shape index (κ2) is 4.90. The summed E-state index contributed by atoms with van der Waals surface area (Å²) in [6.07, 6.45) is -0.125. The first-order valence-corrected chi connectivity index (χ1v) is 7.54. The van der Waals surface area contributed by atoms with Gasteiger partial charge in [-0.3, -0.25) is 0 Å². The Hall–Kier alpha value is -2.23. The number of ether oxygens (including phenoxy) is 1. The van der Waals surface area contributed by atoms with Crippen molar-refractivity contribution in [3.63, 3.8) is 0 Å². The maximum absolute atomic E-state index is 14.0. The van der Waals surface area contributed by atoms with Crippen molar-refractivity contribution in [2.75, 3.05) is 0 Å². The molecule has 0 radical (unpaired) electrons. The minimum absolute atomic E-state index is 0.0499. The summed E-state index contributed by atoms with van der Waals surface area (Å²) in [5, 5.41) is 19.2. The number of halogens is 1. The Morgan fingerprint density at radius 1 is 0.955 bits per heavy atom. The molecule has 4 atom stereocenters. The summed E-state index contributed by atoms with van der Waals surface area (Å²) in [4.78, 5) is 0. The molecule has 2 N–H and O–H groups in total. The molecule has 2 aromatic rings. The third-order valence-corrected chi connectivity index (χ3v) is 4.81. The first kappa shape index (κ1) is 13.4. The van der Waals surface area contributed by atoms with E-state index < -0.39 is 6.17 Å². The summed E-state index contributed by atoms with van der Waals surface area (Å²) in [6.45, 7) is 0. The van der Waals surface area contributed by atoms with Crippen molar-refractivity contribution in [2.24, 2.45) is 5.92 Å². The fraction of sp³-hybridized carbons (Fsp3) is 0.333. The number of hydrogen-bond donors (Lipinski definition) is 2. The van der Waals surface area contributed by atoms with E-state index in [0.717, 1.165) is 11.1 Å². The Morgan fingerprint density at radius 2 is 1.68 bits per heavy atom. The lowest BCUT2D eigenvalue weighted by atomic mass is 9.80. The molecule has 0 spiro atoms. The first-order chi connectivity index (χ1) is 10.6. The number of rotatable bonds is 1. The third-order valence-electron chi connectivity index (χ3n) is 4.81. The van der Waals surface area contributed by atoms with E-state index in [1.165, 1.54) is 0 Å². The van der Waals surface area contributed by atoms with Crippen LogP contribution in [0.3, 0.4) is 0 Å². The zero-order chi connectivity index (χ0) is 15.3. The largest absolute Gasteiger partial charge is 0.508 e. The molecule has 4 heteroatoms. The van der Waals surface area contributed by atoms with Crippen LogP contribution in [0.2, 0.25) is 0 Å². The number of phenolic OH excluding ortho intramolecular Hbond substituents is 2. The second-order valence-electron chi connectivity index (χ2n) is 6.19. The van der Waals surface area contributed by atoms with Gasteiger partial charge in [-0.15, -0.1) is 0 Å². The predicted molar refractivity (Wildman–Crippen MR) is 79.9 cm³/mol. The molecule has 22 heavy (non-hydrogen) atoms.